The molecule has 5 heteroatoms. The molecule has 0 aliphatic heterocycles. The summed E-state index contributed by atoms with van der Waals surface area (Å²) in [5.74, 6) is 0.594. The Morgan fingerprint density at radius 3 is 2.15 bits per heavy atom. The van der Waals surface area contributed by atoms with E-state index >= 15 is 0 Å². The third-order valence-electron chi connectivity index (χ3n) is 4.95. The van der Waals surface area contributed by atoms with Gasteiger partial charge in [-0.25, -0.2) is 4.98 Å². The molecule has 0 radical (unpaired) electrons. The SMILES string of the molecule is Cc1c(-c2ccc(Cl)cc2)cccc1-c1ccc2nc(N)nc(N)c2c1C. The van der Waals surface area contributed by atoms with Gasteiger partial charge in [0.25, 0.3) is 0 Å². The molecule has 1 aromatic heterocycles. The van der Waals surface area contributed by atoms with Crippen molar-refractivity contribution in [1.82, 2.24) is 9.97 Å². The van der Waals surface area contributed by atoms with E-state index in [9.17, 15) is 0 Å². The number of aromatic nitrogens is 2. The quantitative estimate of drug-likeness (QED) is 0.492. The van der Waals surface area contributed by atoms with E-state index in [2.05, 4.69) is 41.2 Å². The minimum absolute atomic E-state index is 0.188. The zero-order chi connectivity index (χ0) is 19.1. The number of benzene rings is 3. The van der Waals surface area contributed by atoms with Gasteiger partial charge >= 0.3 is 0 Å². The normalized spacial score (nSPS) is 11.1. The number of aryl methyl sites for hydroxylation is 1. The Bertz CT molecular complexity index is 1170. The lowest BCUT2D eigenvalue weighted by atomic mass is 9.90. The van der Waals surface area contributed by atoms with Crippen LogP contribution in [0.1, 0.15) is 11.1 Å². The molecular formula is C22H19ClN4. The van der Waals surface area contributed by atoms with Crippen molar-refractivity contribution in [1.29, 1.82) is 0 Å². The molecule has 0 saturated carbocycles. The Balaban J connectivity index is 1.93. The van der Waals surface area contributed by atoms with Gasteiger partial charge in [-0.3, -0.25) is 0 Å². The maximum atomic E-state index is 6.13. The summed E-state index contributed by atoms with van der Waals surface area (Å²) >= 11 is 6.04. The van der Waals surface area contributed by atoms with Gasteiger partial charge < -0.3 is 11.5 Å². The third-order valence-corrected chi connectivity index (χ3v) is 5.20. The lowest BCUT2D eigenvalue weighted by Crippen LogP contribution is -2.02. The van der Waals surface area contributed by atoms with Crippen LogP contribution in [-0.4, -0.2) is 9.97 Å². The number of fused-ring (bicyclic) bond motifs is 1. The average Bonchev–Trinajstić information content (AvgIpc) is 2.63. The highest BCUT2D eigenvalue weighted by Gasteiger charge is 2.14. The van der Waals surface area contributed by atoms with E-state index in [1.54, 1.807) is 0 Å². The maximum absolute atomic E-state index is 6.13. The molecule has 0 unspecified atom stereocenters. The number of rotatable bonds is 2. The van der Waals surface area contributed by atoms with Crippen LogP contribution in [0.15, 0.2) is 54.6 Å². The van der Waals surface area contributed by atoms with Gasteiger partial charge in [0, 0.05) is 10.4 Å². The predicted molar refractivity (Wildman–Crippen MR) is 114 cm³/mol. The molecule has 4 aromatic rings. The lowest BCUT2D eigenvalue weighted by molar-refractivity contribution is 1.24. The average molecular weight is 375 g/mol. The van der Waals surface area contributed by atoms with E-state index in [0.717, 1.165) is 38.2 Å². The molecule has 27 heavy (non-hydrogen) atoms. The highest BCUT2D eigenvalue weighted by atomic mass is 35.5. The van der Waals surface area contributed by atoms with Crippen LogP contribution in [0.4, 0.5) is 11.8 Å². The first kappa shape index (κ1) is 17.3. The van der Waals surface area contributed by atoms with Crippen LogP contribution in [0.25, 0.3) is 33.2 Å². The first-order valence-electron chi connectivity index (χ1n) is 8.64. The van der Waals surface area contributed by atoms with E-state index in [1.165, 1.54) is 11.1 Å². The van der Waals surface area contributed by atoms with E-state index in [1.807, 2.05) is 37.3 Å². The Morgan fingerprint density at radius 2 is 1.41 bits per heavy atom. The number of anilines is 2. The summed E-state index contributed by atoms with van der Waals surface area (Å²) in [5, 5.41) is 1.57. The fourth-order valence-electron chi connectivity index (χ4n) is 3.60. The topological polar surface area (TPSA) is 77.8 Å². The molecular weight excluding hydrogens is 356 g/mol. The molecule has 0 aliphatic rings. The van der Waals surface area contributed by atoms with Gasteiger partial charge in [-0.1, -0.05) is 48.0 Å². The molecule has 4 nitrogen and oxygen atoms in total. The van der Waals surface area contributed by atoms with Crippen LogP contribution >= 0.6 is 11.6 Å². The van der Waals surface area contributed by atoms with Crippen molar-refractivity contribution in [3.8, 4) is 22.3 Å². The lowest BCUT2D eigenvalue weighted by Gasteiger charge is -2.16. The summed E-state index contributed by atoms with van der Waals surface area (Å²) < 4.78 is 0. The molecule has 0 amide bonds. The largest absolute Gasteiger partial charge is 0.383 e. The fraction of sp³-hybridized carbons (Fsp3) is 0.0909. The molecule has 0 saturated heterocycles. The van der Waals surface area contributed by atoms with Crippen molar-refractivity contribution in [3.05, 3.63) is 70.7 Å². The number of hydrogen-bond acceptors (Lipinski definition) is 4. The van der Waals surface area contributed by atoms with Crippen molar-refractivity contribution in [3.63, 3.8) is 0 Å². The Hall–Kier alpha value is -3.11. The van der Waals surface area contributed by atoms with Crippen molar-refractivity contribution < 1.29 is 0 Å². The van der Waals surface area contributed by atoms with Gasteiger partial charge in [-0.15, -0.1) is 0 Å². The van der Waals surface area contributed by atoms with Crippen LogP contribution in [0.2, 0.25) is 5.02 Å². The molecule has 3 aromatic carbocycles. The standard InChI is InChI=1S/C22H19ClN4/c1-12-16(14-6-8-15(23)9-7-14)4-3-5-17(12)18-10-11-19-20(13(18)2)21(24)27-22(25)26-19/h3-11H,1-2H3,(H4,24,25,26,27). The zero-order valence-corrected chi connectivity index (χ0v) is 15.9. The smallest absolute Gasteiger partial charge is 0.222 e. The molecule has 4 N–H and O–H groups in total. The van der Waals surface area contributed by atoms with E-state index in [0.29, 0.717) is 5.82 Å². The van der Waals surface area contributed by atoms with E-state index in [-0.39, 0.29) is 5.95 Å². The summed E-state index contributed by atoms with van der Waals surface area (Å²) in [6.45, 7) is 4.17. The second-order valence-corrected chi connectivity index (χ2v) is 7.02. The van der Waals surface area contributed by atoms with Crippen LogP contribution in [-0.2, 0) is 0 Å². The van der Waals surface area contributed by atoms with Crippen LogP contribution < -0.4 is 11.5 Å². The van der Waals surface area contributed by atoms with Gasteiger partial charge in [-0.05, 0) is 65.4 Å². The second kappa shape index (κ2) is 6.56. The number of nitrogens with two attached hydrogens (primary N) is 2. The summed E-state index contributed by atoms with van der Waals surface area (Å²) in [6, 6.07) is 18.2. The van der Waals surface area contributed by atoms with Crippen molar-refractivity contribution in [2.24, 2.45) is 0 Å². The Kier molecular flexibility index (Phi) is 4.21. The highest BCUT2D eigenvalue weighted by Crippen LogP contribution is 2.36. The van der Waals surface area contributed by atoms with Gasteiger partial charge in [0.15, 0.2) is 0 Å². The molecule has 0 bridgehead atoms. The second-order valence-electron chi connectivity index (χ2n) is 6.58. The summed E-state index contributed by atoms with van der Waals surface area (Å²) in [4.78, 5) is 8.43. The van der Waals surface area contributed by atoms with Crippen LogP contribution in [0.3, 0.4) is 0 Å². The fourth-order valence-corrected chi connectivity index (χ4v) is 3.73. The number of nitrogens with zero attached hydrogens (tertiary/aromatic N) is 2. The summed E-state index contributed by atoms with van der Waals surface area (Å²) in [7, 11) is 0. The third kappa shape index (κ3) is 2.98. The molecule has 0 aliphatic carbocycles. The number of nitrogen functional groups attached to an aromatic ring is 2. The van der Waals surface area contributed by atoms with Crippen LogP contribution in [0.5, 0.6) is 0 Å². The van der Waals surface area contributed by atoms with Crippen molar-refractivity contribution in [2.75, 3.05) is 11.5 Å². The molecule has 134 valence electrons. The van der Waals surface area contributed by atoms with E-state index in [4.69, 9.17) is 23.1 Å². The molecule has 0 atom stereocenters. The van der Waals surface area contributed by atoms with Gasteiger partial charge in [0.05, 0.1) is 5.52 Å². The minimum atomic E-state index is 0.188. The molecule has 0 spiro atoms. The molecule has 4 rings (SSSR count). The first-order valence-corrected chi connectivity index (χ1v) is 9.01. The predicted octanol–water partition coefficient (Wildman–Crippen LogP) is 5.40. The molecule has 0 fully saturated rings. The van der Waals surface area contributed by atoms with Crippen LogP contribution in [0, 0.1) is 13.8 Å². The highest BCUT2D eigenvalue weighted by molar-refractivity contribution is 6.30. The Morgan fingerprint density at radius 1 is 0.741 bits per heavy atom. The van der Waals surface area contributed by atoms with E-state index < -0.39 is 0 Å². The van der Waals surface area contributed by atoms with Gasteiger partial charge in [0.2, 0.25) is 5.95 Å². The minimum Gasteiger partial charge on any atom is -0.383 e. The summed E-state index contributed by atoms with van der Waals surface area (Å²) in [5.41, 5.74) is 19.4. The monoisotopic (exact) mass is 374 g/mol. The van der Waals surface area contributed by atoms with Crippen molar-refractivity contribution >= 4 is 34.3 Å². The number of hydrogen-bond donors (Lipinski definition) is 2. The van der Waals surface area contributed by atoms with Gasteiger partial charge in [0.1, 0.15) is 5.82 Å². The zero-order valence-electron chi connectivity index (χ0n) is 15.1. The Labute approximate surface area is 162 Å². The van der Waals surface area contributed by atoms with Gasteiger partial charge in [-0.2, -0.15) is 4.98 Å². The number of halogens is 1. The first-order chi connectivity index (χ1) is 13.0. The summed E-state index contributed by atoms with van der Waals surface area (Å²) in [6.07, 6.45) is 0. The van der Waals surface area contributed by atoms with Crippen molar-refractivity contribution in [2.45, 2.75) is 13.8 Å². The maximum Gasteiger partial charge on any atom is 0.222 e. The molecule has 1 heterocycles.